The number of piperidine rings is 1. The maximum Gasteiger partial charge on any atom is 0.220 e. The first-order chi connectivity index (χ1) is 9.63. The van der Waals surface area contributed by atoms with Gasteiger partial charge in [0.2, 0.25) is 5.91 Å². The zero-order valence-corrected chi connectivity index (χ0v) is 12.8. The van der Waals surface area contributed by atoms with Crippen molar-refractivity contribution in [2.45, 2.75) is 76.3 Å². The summed E-state index contributed by atoms with van der Waals surface area (Å²) in [6.45, 7) is 3.37. The highest BCUT2D eigenvalue weighted by Crippen LogP contribution is 2.32. The highest BCUT2D eigenvalue weighted by molar-refractivity contribution is 5.76. The number of carbonyl (C=O) groups is 1. The molecular formula is C16H30N2O2. The van der Waals surface area contributed by atoms with Crippen LogP contribution in [-0.2, 0) is 4.79 Å². The van der Waals surface area contributed by atoms with E-state index < -0.39 is 0 Å². The van der Waals surface area contributed by atoms with Crippen molar-refractivity contribution in [3.8, 4) is 0 Å². The number of aliphatic hydroxyl groups is 1. The summed E-state index contributed by atoms with van der Waals surface area (Å²) in [4.78, 5) is 12.2. The molecule has 1 aliphatic carbocycles. The summed E-state index contributed by atoms with van der Waals surface area (Å²) in [5.41, 5.74) is -0.352. The second-order valence-electron chi connectivity index (χ2n) is 6.87. The lowest BCUT2D eigenvalue weighted by atomic mass is 9.76. The predicted molar refractivity (Wildman–Crippen MR) is 80.5 cm³/mol. The van der Waals surface area contributed by atoms with Gasteiger partial charge in [-0.2, -0.15) is 0 Å². The van der Waals surface area contributed by atoms with Gasteiger partial charge in [-0.15, -0.1) is 0 Å². The van der Waals surface area contributed by atoms with E-state index in [-0.39, 0.29) is 18.1 Å². The van der Waals surface area contributed by atoms with E-state index in [1.807, 2.05) is 0 Å². The molecule has 3 N–H and O–H groups in total. The van der Waals surface area contributed by atoms with Gasteiger partial charge in [0.05, 0.1) is 12.1 Å². The number of hydrogen-bond acceptors (Lipinski definition) is 3. The van der Waals surface area contributed by atoms with Gasteiger partial charge in [-0.05, 0) is 44.6 Å². The highest BCUT2D eigenvalue weighted by Gasteiger charge is 2.35. The van der Waals surface area contributed by atoms with Gasteiger partial charge >= 0.3 is 0 Å². The number of amides is 1. The monoisotopic (exact) mass is 282 g/mol. The number of nitrogens with one attached hydrogen (secondary N) is 2. The fourth-order valence-corrected chi connectivity index (χ4v) is 3.79. The zero-order valence-electron chi connectivity index (χ0n) is 12.8. The summed E-state index contributed by atoms with van der Waals surface area (Å²) in [5.74, 6) is 0.705. The third kappa shape index (κ3) is 4.45. The minimum Gasteiger partial charge on any atom is -0.394 e. The number of hydrogen-bond donors (Lipinski definition) is 3. The van der Waals surface area contributed by atoms with Gasteiger partial charge in [0.1, 0.15) is 0 Å². The molecule has 2 fully saturated rings. The van der Waals surface area contributed by atoms with Crippen molar-refractivity contribution in [3.05, 3.63) is 0 Å². The Hall–Kier alpha value is -0.610. The van der Waals surface area contributed by atoms with Gasteiger partial charge in [0, 0.05) is 12.5 Å². The van der Waals surface area contributed by atoms with Crippen LogP contribution in [-0.4, -0.2) is 35.7 Å². The molecule has 0 spiro atoms. The lowest BCUT2D eigenvalue weighted by molar-refractivity contribution is -0.124. The van der Waals surface area contributed by atoms with Crippen molar-refractivity contribution in [1.29, 1.82) is 0 Å². The van der Waals surface area contributed by atoms with Crippen LogP contribution in [0.3, 0.4) is 0 Å². The minimum absolute atomic E-state index is 0.0742. The van der Waals surface area contributed by atoms with Crippen LogP contribution in [0.5, 0.6) is 0 Å². The first kappa shape index (κ1) is 15.8. The Balaban J connectivity index is 1.76. The smallest absolute Gasteiger partial charge is 0.220 e. The summed E-state index contributed by atoms with van der Waals surface area (Å²) in [6.07, 6.45) is 9.37. The molecule has 1 heterocycles. The Morgan fingerprint density at radius 1 is 1.35 bits per heavy atom. The van der Waals surface area contributed by atoms with E-state index in [4.69, 9.17) is 0 Å². The SMILES string of the molecule is CC1CCCC(CO)(NC(=O)CCC2CCCCN2)C1. The molecule has 1 saturated carbocycles. The maximum atomic E-state index is 12.2. The molecule has 0 aromatic rings. The van der Waals surface area contributed by atoms with Gasteiger partial charge in [-0.3, -0.25) is 4.79 Å². The van der Waals surface area contributed by atoms with Gasteiger partial charge < -0.3 is 15.7 Å². The molecule has 2 rings (SSSR count). The molecule has 116 valence electrons. The molecule has 4 nitrogen and oxygen atoms in total. The average Bonchev–Trinajstić information content (AvgIpc) is 2.46. The lowest BCUT2D eigenvalue weighted by Gasteiger charge is -2.39. The largest absolute Gasteiger partial charge is 0.394 e. The van der Waals surface area contributed by atoms with Gasteiger partial charge in [0.15, 0.2) is 0 Å². The van der Waals surface area contributed by atoms with Crippen molar-refractivity contribution in [2.24, 2.45) is 5.92 Å². The third-order valence-corrected chi connectivity index (χ3v) is 4.93. The van der Waals surface area contributed by atoms with Crippen molar-refractivity contribution >= 4 is 5.91 Å². The van der Waals surface area contributed by atoms with Crippen molar-refractivity contribution in [3.63, 3.8) is 0 Å². The van der Waals surface area contributed by atoms with E-state index in [1.165, 1.54) is 25.7 Å². The van der Waals surface area contributed by atoms with Crippen molar-refractivity contribution in [2.75, 3.05) is 13.2 Å². The number of carbonyl (C=O) groups excluding carboxylic acids is 1. The fourth-order valence-electron chi connectivity index (χ4n) is 3.79. The molecule has 20 heavy (non-hydrogen) atoms. The van der Waals surface area contributed by atoms with E-state index in [2.05, 4.69) is 17.6 Å². The van der Waals surface area contributed by atoms with Crippen LogP contribution in [0.1, 0.15) is 64.7 Å². The number of rotatable bonds is 5. The first-order valence-electron chi connectivity index (χ1n) is 8.29. The molecule has 1 saturated heterocycles. The summed E-state index contributed by atoms with van der Waals surface area (Å²) in [5, 5.41) is 16.3. The van der Waals surface area contributed by atoms with Crippen LogP contribution in [0, 0.1) is 5.92 Å². The second kappa shape index (κ2) is 7.41. The predicted octanol–water partition coefficient (Wildman–Crippen LogP) is 1.97. The minimum atomic E-state index is -0.352. The molecular weight excluding hydrogens is 252 g/mol. The molecule has 1 amide bonds. The van der Waals surface area contributed by atoms with Crippen LogP contribution < -0.4 is 10.6 Å². The maximum absolute atomic E-state index is 12.2. The zero-order chi connectivity index (χ0) is 14.4. The van der Waals surface area contributed by atoms with E-state index in [0.717, 1.165) is 32.2 Å². The van der Waals surface area contributed by atoms with E-state index in [1.54, 1.807) is 0 Å². The van der Waals surface area contributed by atoms with Crippen LogP contribution in [0.25, 0.3) is 0 Å². The van der Waals surface area contributed by atoms with Gasteiger partial charge in [-0.25, -0.2) is 0 Å². The summed E-state index contributed by atoms with van der Waals surface area (Å²) < 4.78 is 0. The molecule has 2 aliphatic rings. The van der Waals surface area contributed by atoms with E-state index in [9.17, 15) is 9.90 Å². The molecule has 1 aliphatic heterocycles. The standard InChI is InChI=1S/C16H30N2O2/c1-13-5-4-9-16(11-13,12-19)18-15(20)8-7-14-6-2-3-10-17-14/h13-14,17,19H,2-12H2,1H3,(H,18,20). The third-order valence-electron chi connectivity index (χ3n) is 4.93. The summed E-state index contributed by atoms with van der Waals surface area (Å²) >= 11 is 0. The summed E-state index contributed by atoms with van der Waals surface area (Å²) in [6, 6.07) is 0.504. The molecule has 0 aromatic carbocycles. The lowest BCUT2D eigenvalue weighted by Crippen LogP contribution is -2.54. The fraction of sp³-hybridized carbons (Fsp3) is 0.938. The normalized spacial score (nSPS) is 34.7. The highest BCUT2D eigenvalue weighted by atomic mass is 16.3. The summed E-state index contributed by atoms with van der Waals surface area (Å²) in [7, 11) is 0. The molecule has 3 unspecified atom stereocenters. The topological polar surface area (TPSA) is 61.4 Å². The molecule has 0 aromatic heterocycles. The number of aliphatic hydroxyl groups excluding tert-OH is 1. The van der Waals surface area contributed by atoms with Crippen molar-refractivity contribution < 1.29 is 9.90 Å². The van der Waals surface area contributed by atoms with Crippen molar-refractivity contribution in [1.82, 2.24) is 10.6 Å². The van der Waals surface area contributed by atoms with Gasteiger partial charge in [0.25, 0.3) is 0 Å². The average molecular weight is 282 g/mol. The van der Waals surface area contributed by atoms with Crippen LogP contribution in [0.2, 0.25) is 0 Å². The molecule has 4 heteroatoms. The Morgan fingerprint density at radius 3 is 2.85 bits per heavy atom. The van der Waals surface area contributed by atoms with Crippen LogP contribution in [0.15, 0.2) is 0 Å². The van der Waals surface area contributed by atoms with Gasteiger partial charge in [-0.1, -0.05) is 26.2 Å². The Labute approximate surface area is 122 Å². The molecule has 0 radical (unpaired) electrons. The Kier molecular flexibility index (Phi) is 5.85. The Bertz CT molecular complexity index is 316. The van der Waals surface area contributed by atoms with E-state index in [0.29, 0.717) is 18.4 Å². The van der Waals surface area contributed by atoms with Crippen LogP contribution >= 0.6 is 0 Å². The Morgan fingerprint density at radius 2 is 2.20 bits per heavy atom. The first-order valence-corrected chi connectivity index (χ1v) is 8.29. The quantitative estimate of drug-likeness (QED) is 0.722. The second-order valence-corrected chi connectivity index (χ2v) is 6.87. The van der Waals surface area contributed by atoms with E-state index >= 15 is 0 Å². The molecule has 0 bridgehead atoms. The molecule has 3 atom stereocenters. The van der Waals surface area contributed by atoms with Crippen LogP contribution in [0.4, 0.5) is 0 Å².